The molecule has 0 spiro atoms. The van der Waals surface area contributed by atoms with Gasteiger partial charge >= 0.3 is 11.9 Å². The number of ether oxygens (including phenoxy) is 1. The van der Waals surface area contributed by atoms with E-state index < -0.39 is 48.2 Å². The highest BCUT2D eigenvalue weighted by atomic mass is 19.1. The van der Waals surface area contributed by atoms with Crippen LogP contribution in [0.15, 0.2) is 41.7 Å². The predicted octanol–water partition coefficient (Wildman–Crippen LogP) is 2.37. The molecule has 1 aromatic carbocycles. The van der Waals surface area contributed by atoms with Gasteiger partial charge in [0.2, 0.25) is 5.60 Å². The lowest BCUT2D eigenvalue weighted by molar-refractivity contribution is -0.160. The molecule has 9 nitrogen and oxygen atoms in total. The average molecular weight is 457 g/mol. The maximum atomic E-state index is 13.9. The molecule has 10 heteroatoms. The number of hydrogen-bond donors (Lipinski definition) is 2. The van der Waals surface area contributed by atoms with Crippen molar-refractivity contribution in [1.29, 1.82) is 0 Å². The normalized spacial score (nSPS) is 26.7. The van der Waals surface area contributed by atoms with Crippen molar-refractivity contribution in [3.63, 3.8) is 0 Å². The van der Waals surface area contributed by atoms with E-state index in [0.29, 0.717) is 11.4 Å². The molecule has 3 heterocycles. The monoisotopic (exact) mass is 457 g/mol. The lowest BCUT2D eigenvalue weighted by Gasteiger charge is -2.34. The molecule has 2 aliphatic rings. The van der Waals surface area contributed by atoms with E-state index in [-0.39, 0.29) is 18.8 Å². The number of rotatable bonds is 7. The molecule has 1 aromatic heterocycles. The highest BCUT2D eigenvalue weighted by Gasteiger charge is 2.56. The first kappa shape index (κ1) is 22.6. The number of carbonyl (C=O) groups excluding carboxylic acids is 2. The zero-order chi connectivity index (χ0) is 23.8. The van der Waals surface area contributed by atoms with E-state index in [1.54, 1.807) is 20.0 Å². The molecule has 1 fully saturated rings. The third-order valence-electron chi connectivity index (χ3n) is 6.32. The summed E-state index contributed by atoms with van der Waals surface area (Å²) in [7, 11) is 0. The van der Waals surface area contributed by atoms with Gasteiger partial charge in [-0.1, -0.05) is 43.3 Å². The summed E-state index contributed by atoms with van der Waals surface area (Å²) in [5, 5.41) is 17.8. The largest absolute Gasteiger partial charge is 0.481 e. The number of halogens is 1. The topological polar surface area (TPSA) is 127 Å². The van der Waals surface area contributed by atoms with Crippen LogP contribution in [-0.2, 0) is 24.0 Å². The van der Waals surface area contributed by atoms with Gasteiger partial charge in [-0.25, -0.2) is 4.39 Å². The minimum atomic E-state index is -1.96. The van der Waals surface area contributed by atoms with Crippen molar-refractivity contribution in [3.05, 3.63) is 42.2 Å². The number of aromatic nitrogens is 1. The summed E-state index contributed by atoms with van der Waals surface area (Å²) in [6.45, 7) is 2.32. The van der Waals surface area contributed by atoms with Gasteiger partial charge < -0.3 is 20.0 Å². The number of carboxylic acid groups (broad SMARTS) is 1. The number of pyridine rings is 1. The molecule has 0 saturated carbocycles. The molecule has 33 heavy (non-hydrogen) atoms. The quantitative estimate of drug-likeness (QED) is 0.611. The van der Waals surface area contributed by atoms with Gasteiger partial charge in [0.1, 0.15) is 12.4 Å². The van der Waals surface area contributed by atoms with E-state index in [0.717, 1.165) is 10.8 Å². The number of oxime groups is 1. The zero-order valence-corrected chi connectivity index (χ0v) is 18.2. The molecule has 0 unspecified atom stereocenters. The highest BCUT2D eigenvalue weighted by molar-refractivity contribution is 6.11. The summed E-state index contributed by atoms with van der Waals surface area (Å²) >= 11 is 0. The molecule has 0 radical (unpaired) electrons. The van der Waals surface area contributed by atoms with E-state index in [9.17, 15) is 23.9 Å². The summed E-state index contributed by atoms with van der Waals surface area (Å²) < 4.78 is 18.9. The van der Waals surface area contributed by atoms with Gasteiger partial charge in [-0.3, -0.25) is 19.4 Å². The van der Waals surface area contributed by atoms with Gasteiger partial charge in [0, 0.05) is 23.9 Å². The summed E-state index contributed by atoms with van der Waals surface area (Å²) in [5.74, 6) is -3.10. The van der Waals surface area contributed by atoms with Crippen LogP contribution in [0.4, 0.5) is 4.39 Å². The fourth-order valence-corrected chi connectivity index (χ4v) is 4.36. The molecule has 3 atom stereocenters. The fraction of sp³-hybridized carbons (Fsp3) is 0.435. The van der Waals surface area contributed by atoms with Crippen molar-refractivity contribution < 1.29 is 33.5 Å². The van der Waals surface area contributed by atoms with Crippen LogP contribution in [0, 0.1) is 5.92 Å². The van der Waals surface area contributed by atoms with Crippen LogP contribution >= 0.6 is 0 Å². The van der Waals surface area contributed by atoms with Crippen LogP contribution in [0.2, 0.25) is 0 Å². The Hall–Kier alpha value is -3.56. The molecule has 4 rings (SSSR count). The molecule has 0 aliphatic carbocycles. The Balaban J connectivity index is 1.61. The third kappa shape index (κ3) is 3.90. The first-order valence-electron chi connectivity index (χ1n) is 10.6. The molecule has 2 aliphatic heterocycles. The van der Waals surface area contributed by atoms with E-state index >= 15 is 0 Å². The molecule has 174 valence electrons. The first-order valence-corrected chi connectivity index (χ1v) is 10.6. The Kier molecular flexibility index (Phi) is 5.77. The molecule has 1 saturated heterocycles. The van der Waals surface area contributed by atoms with Crippen molar-refractivity contribution in [1.82, 2.24) is 10.3 Å². The molecule has 2 aromatic rings. The van der Waals surface area contributed by atoms with Crippen LogP contribution < -0.4 is 5.32 Å². The number of nitrogens with zero attached hydrogens (tertiary/aromatic N) is 2. The number of amides is 1. The van der Waals surface area contributed by atoms with Crippen LogP contribution in [0.5, 0.6) is 0 Å². The second-order valence-corrected chi connectivity index (χ2v) is 8.70. The number of cyclic esters (lactones) is 1. The number of nitrogens with one attached hydrogen (secondary N) is 1. The summed E-state index contributed by atoms with van der Waals surface area (Å²) in [6.07, 6.45) is 0.645. The number of aliphatic carboxylic acids is 1. The van der Waals surface area contributed by atoms with Gasteiger partial charge in [-0.05, 0) is 11.5 Å². The Morgan fingerprint density at radius 2 is 2.06 bits per heavy atom. The van der Waals surface area contributed by atoms with Crippen LogP contribution in [0.3, 0.4) is 0 Å². The number of alkyl halides is 1. The fourth-order valence-electron chi connectivity index (χ4n) is 4.36. The van der Waals surface area contributed by atoms with E-state index in [2.05, 4.69) is 15.5 Å². The van der Waals surface area contributed by atoms with Crippen molar-refractivity contribution in [2.24, 2.45) is 11.1 Å². The second-order valence-electron chi connectivity index (χ2n) is 8.70. The Labute approximate surface area is 189 Å². The number of hydrogen-bond acceptors (Lipinski definition) is 7. The van der Waals surface area contributed by atoms with Crippen molar-refractivity contribution in [2.75, 3.05) is 6.67 Å². The van der Waals surface area contributed by atoms with Crippen molar-refractivity contribution in [2.45, 2.75) is 50.4 Å². The van der Waals surface area contributed by atoms with Gasteiger partial charge in [0.05, 0.1) is 24.6 Å². The Morgan fingerprint density at radius 3 is 2.76 bits per heavy atom. The van der Waals surface area contributed by atoms with Gasteiger partial charge in [0.25, 0.3) is 5.91 Å². The van der Waals surface area contributed by atoms with E-state index in [1.807, 2.05) is 30.3 Å². The zero-order valence-electron chi connectivity index (χ0n) is 18.2. The lowest BCUT2D eigenvalue weighted by atomic mass is 9.82. The van der Waals surface area contributed by atoms with Gasteiger partial charge in [0.15, 0.2) is 5.60 Å². The van der Waals surface area contributed by atoms with Gasteiger partial charge in [-0.2, -0.15) is 0 Å². The molecular formula is C23H24FN3O6. The maximum absolute atomic E-state index is 13.9. The smallest absolute Gasteiger partial charge is 0.308 e. The van der Waals surface area contributed by atoms with Crippen molar-refractivity contribution in [3.8, 4) is 0 Å². The minimum absolute atomic E-state index is 0.0978. The van der Waals surface area contributed by atoms with Crippen LogP contribution in [0.25, 0.3) is 10.8 Å². The second kappa shape index (κ2) is 8.42. The highest BCUT2D eigenvalue weighted by Crippen LogP contribution is 2.37. The van der Waals surface area contributed by atoms with Crippen LogP contribution in [0.1, 0.15) is 38.8 Å². The number of carboxylic acids is 1. The van der Waals surface area contributed by atoms with Gasteiger partial charge in [-0.15, -0.1) is 0 Å². The first-order chi connectivity index (χ1) is 15.7. The Morgan fingerprint density at radius 1 is 1.30 bits per heavy atom. The standard InChI is InChI=1S/C23H24FN3O6/c1-13(2)23(21(31)26-17-9-19(30)32-22(17,12-24)11-18(28)29)10-16(27-33-23)20-15-6-4-3-5-14(15)7-8-25-20/h3-8,13,17H,9-12H2,1-2H3,(H,26,31)(H,28,29)/t17-,22+,23+/m0/s1. The number of esters is 1. The predicted molar refractivity (Wildman–Crippen MR) is 115 cm³/mol. The maximum Gasteiger partial charge on any atom is 0.308 e. The molecule has 0 bridgehead atoms. The number of carbonyl (C=O) groups is 3. The average Bonchev–Trinajstić information content (AvgIpc) is 3.36. The SMILES string of the molecule is CC(C)[C@@]1(C(=O)N[C@H]2CC(=O)O[C@@]2(CF)CC(=O)O)CC(c2nccc3ccccc23)=NO1. The van der Waals surface area contributed by atoms with E-state index in [1.165, 1.54) is 0 Å². The summed E-state index contributed by atoms with van der Waals surface area (Å²) in [4.78, 5) is 46.7. The molecule has 2 N–H and O–H groups in total. The van der Waals surface area contributed by atoms with Crippen LogP contribution in [-0.4, -0.2) is 57.6 Å². The number of benzene rings is 1. The summed E-state index contributed by atoms with van der Waals surface area (Å²) in [6, 6.07) is 8.34. The van der Waals surface area contributed by atoms with E-state index in [4.69, 9.17) is 9.57 Å². The minimum Gasteiger partial charge on any atom is -0.481 e. The third-order valence-corrected chi connectivity index (χ3v) is 6.32. The Bertz CT molecular complexity index is 1150. The summed E-state index contributed by atoms with van der Waals surface area (Å²) in [5.41, 5.74) is -2.33. The lowest BCUT2D eigenvalue weighted by Crippen LogP contribution is -2.59. The number of fused-ring (bicyclic) bond motifs is 1. The molecule has 1 amide bonds. The molecular weight excluding hydrogens is 433 g/mol. The van der Waals surface area contributed by atoms with Crippen molar-refractivity contribution >= 4 is 34.3 Å².